The molecule has 224 valence electrons. The molecule has 0 N–H and O–H groups in total. The van der Waals surface area contributed by atoms with Crippen LogP contribution in [-0.2, 0) is 0 Å². The van der Waals surface area contributed by atoms with Crippen LogP contribution < -0.4 is 0 Å². The molecular weight excluding hydrogens is 592 g/mol. The van der Waals surface area contributed by atoms with Crippen LogP contribution in [0, 0.1) is 0 Å². The highest BCUT2D eigenvalue weighted by Crippen LogP contribution is 2.42. The second-order valence-corrected chi connectivity index (χ2v) is 11.8. The molecule has 0 saturated carbocycles. The Morgan fingerprint density at radius 1 is 0.417 bits per heavy atom. The Bertz CT molecular complexity index is 2850. The summed E-state index contributed by atoms with van der Waals surface area (Å²) in [6.07, 6.45) is 1.88. The van der Waals surface area contributed by atoms with Crippen molar-refractivity contribution in [3.63, 3.8) is 0 Å². The summed E-state index contributed by atoms with van der Waals surface area (Å²) in [6.45, 7) is 0. The Kier molecular flexibility index (Phi) is 5.77. The van der Waals surface area contributed by atoms with Crippen LogP contribution in [0.4, 0.5) is 0 Å². The number of nitrogens with zero attached hydrogens (tertiary/aromatic N) is 4. The quantitative estimate of drug-likeness (QED) is 0.196. The molecule has 0 aliphatic heterocycles. The Hall–Kier alpha value is -6.66. The number of hydrogen-bond donors (Lipinski definition) is 0. The maximum atomic E-state index is 6.63. The van der Waals surface area contributed by atoms with Crippen molar-refractivity contribution < 1.29 is 8.83 Å². The van der Waals surface area contributed by atoms with Gasteiger partial charge in [0.15, 0.2) is 17.5 Å². The molecule has 0 unspecified atom stereocenters. The summed E-state index contributed by atoms with van der Waals surface area (Å²) in [7, 11) is 0. The van der Waals surface area contributed by atoms with Crippen molar-refractivity contribution >= 4 is 54.6 Å². The van der Waals surface area contributed by atoms with Gasteiger partial charge in [0.1, 0.15) is 28.0 Å². The molecule has 0 radical (unpaired) electrons. The van der Waals surface area contributed by atoms with Gasteiger partial charge in [0, 0.05) is 39.0 Å². The molecule has 0 aliphatic rings. The number of fused-ring (bicyclic) bond motifs is 7. The lowest BCUT2D eigenvalue weighted by Crippen LogP contribution is -2.01. The summed E-state index contributed by atoms with van der Waals surface area (Å²) in [5.41, 5.74) is 7.43. The minimum Gasteiger partial charge on any atom is -0.456 e. The molecule has 0 bridgehead atoms. The zero-order chi connectivity index (χ0) is 31.6. The van der Waals surface area contributed by atoms with Crippen LogP contribution in [0.1, 0.15) is 0 Å². The van der Waals surface area contributed by atoms with E-state index in [-0.39, 0.29) is 0 Å². The van der Waals surface area contributed by atoms with E-state index in [1.807, 2.05) is 85.1 Å². The number of rotatable bonds is 4. The van der Waals surface area contributed by atoms with E-state index in [9.17, 15) is 0 Å². The van der Waals surface area contributed by atoms with E-state index in [1.165, 1.54) is 0 Å². The molecule has 0 aliphatic carbocycles. The van der Waals surface area contributed by atoms with Gasteiger partial charge in [-0.05, 0) is 40.6 Å². The standard InChI is InChI=1S/C42H24N4O2/c1-2-12-26(13-3-1)40-44-41(27-21-22-31-30-16-6-8-19-34(30)47-36(31)23-27)46-42(45-40)38-37-32-17-7-9-20-35(32)48-39(37)33(24-43-38)29-18-10-14-25-11-4-5-15-28(25)29/h1-24H. The number of pyridine rings is 1. The molecule has 6 heteroatoms. The van der Waals surface area contributed by atoms with E-state index in [0.29, 0.717) is 23.2 Å². The monoisotopic (exact) mass is 616 g/mol. The second kappa shape index (κ2) is 10.4. The van der Waals surface area contributed by atoms with Crippen LogP contribution >= 0.6 is 0 Å². The van der Waals surface area contributed by atoms with E-state index in [4.69, 9.17) is 28.8 Å². The van der Waals surface area contributed by atoms with Gasteiger partial charge in [0.25, 0.3) is 0 Å². The maximum Gasteiger partial charge on any atom is 0.183 e. The average molecular weight is 617 g/mol. The maximum absolute atomic E-state index is 6.63. The minimum absolute atomic E-state index is 0.463. The van der Waals surface area contributed by atoms with Crippen molar-refractivity contribution in [1.29, 1.82) is 0 Å². The van der Waals surface area contributed by atoms with Gasteiger partial charge in [-0.15, -0.1) is 0 Å². The third-order valence-electron chi connectivity index (χ3n) is 9.00. The van der Waals surface area contributed by atoms with Gasteiger partial charge in [-0.25, -0.2) is 15.0 Å². The van der Waals surface area contributed by atoms with E-state index in [0.717, 1.165) is 76.9 Å². The number of hydrogen-bond acceptors (Lipinski definition) is 6. The zero-order valence-electron chi connectivity index (χ0n) is 25.5. The van der Waals surface area contributed by atoms with Crippen molar-refractivity contribution in [2.45, 2.75) is 0 Å². The highest BCUT2D eigenvalue weighted by Gasteiger charge is 2.23. The molecular formula is C42H24N4O2. The number of furan rings is 2. The first-order valence-electron chi connectivity index (χ1n) is 15.8. The summed E-state index contributed by atoms with van der Waals surface area (Å²) >= 11 is 0. The lowest BCUT2D eigenvalue weighted by Gasteiger charge is -2.11. The lowest BCUT2D eigenvalue weighted by atomic mass is 9.97. The molecule has 0 spiro atoms. The van der Waals surface area contributed by atoms with Crippen molar-refractivity contribution in [2.24, 2.45) is 0 Å². The highest BCUT2D eigenvalue weighted by atomic mass is 16.3. The van der Waals surface area contributed by atoms with Gasteiger partial charge >= 0.3 is 0 Å². The van der Waals surface area contributed by atoms with Crippen LogP contribution in [0.15, 0.2) is 155 Å². The van der Waals surface area contributed by atoms with Crippen molar-refractivity contribution in [3.8, 4) is 45.4 Å². The summed E-state index contributed by atoms with van der Waals surface area (Å²) in [5, 5.41) is 6.21. The number of aromatic nitrogens is 4. The molecule has 10 aromatic rings. The van der Waals surface area contributed by atoms with Gasteiger partial charge < -0.3 is 8.83 Å². The summed E-state index contributed by atoms with van der Waals surface area (Å²) in [4.78, 5) is 20.2. The van der Waals surface area contributed by atoms with E-state index in [2.05, 4.69) is 60.7 Å². The van der Waals surface area contributed by atoms with E-state index in [1.54, 1.807) is 0 Å². The van der Waals surface area contributed by atoms with Crippen LogP contribution in [-0.4, -0.2) is 19.9 Å². The van der Waals surface area contributed by atoms with Crippen molar-refractivity contribution in [1.82, 2.24) is 19.9 Å². The first kappa shape index (κ1) is 26.5. The zero-order valence-corrected chi connectivity index (χ0v) is 25.5. The smallest absolute Gasteiger partial charge is 0.183 e. The first-order valence-corrected chi connectivity index (χ1v) is 15.8. The molecule has 4 heterocycles. The Balaban J connectivity index is 1.24. The van der Waals surface area contributed by atoms with Crippen LogP contribution in [0.5, 0.6) is 0 Å². The number of para-hydroxylation sites is 2. The highest BCUT2D eigenvalue weighted by molar-refractivity contribution is 6.16. The second-order valence-electron chi connectivity index (χ2n) is 11.8. The molecule has 6 aromatic carbocycles. The number of benzene rings is 6. The largest absolute Gasteiger partial charge is 0.456 e. The molecule has 0 atom stereocenters. The van der Waals surface area contributed by atoms with Crippen LogP contribution in [0.2, 0.25) is 0 Å². The Morgan fingerprint density at radius 2 is 1.06 bits per heavy atom. The van der Waals surface area contributed by atoms with Gasteiger partial charge in [-0.2, -0.15) is 0 Å². The SMILES string of the molecule is c1ccc(-c2nc(-c3ccc4c(c3)oc3ccccc34)nc(-c3ncc(-c4cccc5ccccc45)c4oc5ccccc5c34)n2)cc1. The van der Waals surface area contributed by atoms with E-state index >= 15 is 0 Å². The fourth-order valence-corrected chi connectivity index (χ4v) is 6.74. The van der Waals surface area contributed by atoms with Gasteiger partial charge in [0.05, 0.1) is 5.39 Å². The summed E-state index contributed by atoms with van der Waals surface area (Å²) in [6, 6.07) is 46.9. The normalized spacial score (nSPS) is 11.8. The molecule has 6 nitrogen and oxygen atoms in total. The fourth-order valence-electron chi connectivity index (χ4n) is 6.74. The molecule has 48 heavy (non-hydrogen) atoms. The summed E-state index contributed by atoms with van der Waals surface area (Å²) < 4.78 is 12.9. The van der Waals surface area contributed by atoms with Crippen molar-refractivity contribution in [3.05, 3.63) is 146 Å². The van der Waals surface area contributed by atoms with Crippen LogP contribution in [0.25, 0.3) is 100 Å². The van der Waals surface area contributed by atoms with Crippen LogP contribution in [0.3, 0.4) is 0 Å². The van der Waals surface area contributed by atoms with Crippen molar-refractivity contribution in [2.75, 3.05) is 0 Å². The third kappa shape index (κ3) is 4.13. The topological polar surface area (TPSA) is 77.8 Å². The minimum atomic E-state index is 0.463. The predicted octanol–water partition coefficient (Wildman–Crippen LogP) is 10.9. The average Bonchev–Trinajstić information content (AvgIpc) is 3.73. The predicted molar refractivity (Wildman–Crippen MR) is 191 cm³/mol. The Morgan fingerprint density at radius 3 is 1.92 bits per heavy atom. The molecule has 0 fully saturated rings. The van der Waals surface area contributed by atoms with E-state index < -0.39 is 0 Å². The molecule has 0 amide bonds. The molecule has 0 saturated heterocycles. The summed E-state index contributed by atoms with van der Waals surface area (Å²) in [5.74, 6) is 1.55. The fraction of sp³-hybridized carbons (Fsp3) is 0. The van der Waals surface area contributed by atoms with Gasteiger partial charge in [-0.1, -0.05) is 115 Å². The third-order valence-corrected chi connectivity index (χ3v) is 9.00. The molecule has 10 rings (SSSR count). The molecule has 4 aromatic heterocycles. The first-order chi connectivity index (χ1) is 23.8. The van der Waals surface area contributed by atoms with Gasteiger partial charge in [0.2, 0.25) is 0 Å². The Labute approximate surface area is 274 Å². The lowest BCUT2D eigenvalue weighted by molar-refractivity contribution is 0.669. The van der Waals surface area contributed by atoms with Gasteiger partial charge in [-0.3, -0.25) is 4.98 Å².